The van der Waals surface area contributed by atoms with E-state index in [1.165, 1.54) is 23.6 Å². The SMILES string of the molecule is CN(Cc1ccc(Cl)cc1)S(=O)(=O)c1ccc(CN)cn1. The van der Waals surface area contributed by atoms with Crippen molar-refractivity contribution in [2.45, 2.75) is 18.1 Å². The van der Waals surface area contributed by atoms with E-state index in [2.05, 4.69) is 4.98 Å². The summed E-state index contributed by atoms with van der Waals surface area (Å²) in [6.45, 7) is 0.577. The summed E-state index contributed by atoms with van der Waals surface area (Å²) in [5.74, 6) is 0. The molecule has 2 rings (SSSR count). The molecular weight excluding hydrogens is 310 g/mol. The van der Waals surface area contributed by atoms with Gasteiger partial charge in [0.25, 0.3) is 10.0 Å². The monoisotopic (exact) mass is 325 g/mol. The van der Waals surface area contributed by atoms with Crippen LogP contribution in [0.3, 0.4) is 0 Å². The number of hydrogen-bond donors (Lipinski definition) is 1. The molecule has 0 aliphatic carbocycles. The quantitative estimate of drug-likeness (QED) is 0.912. The number of halogens is 1. The second-order valence-corrected chi connectivity index (χ2v) is 7.02. The number of nitrogens with two attached hydrogens (primary N) is 1. The average molecular weight is 326 g/mol. The van der Waals surface area contributed by atoms with Crippen molar-refractivity contribution in [1.29, 1.82) is 0 Å². The van der Waals surface area contributed by atoms with Gasteiger partial charge < -0.3 is 5.73 Å². The van der Waals surface area contributed by atoms with Crippen LogP contribution in [0.2, 0.25) is 5.02 Å². The maximum absolute atomic E-state index is 12.4. The minimum Gasteiger partial charge on any atom is -0.326 e. The van der Waals surface area contributed by atoms with Crippen LogP contribution in [0.25, 0.3) is 0 Å². The second-order valence-electron chi connectivity index (χ2n) is 4.60. The van der Waals surface area contributed by atoms with E-state index >= 15 is 0 Å². The Morgan fingerprint density at radius 3 is 2.29 bits per heavy atom. The van der Waals surface area contributed by atoms with Crippen LogP contribution < -0.4 is 5.73 Å². The highest BCUT2D eigenvalue weighted by atomic mass is 35.5. The maximum Gasteiger partial charge on any atom is 0.260 e. The van der Waals surface area contributed by atoms with Crippen molar-refractivity contribution in [1.82, 2.24) is 9.29 Å². The third kappa shape index (κ3) is 3.79. The molecule has 0 amide bonds. The first kappa shape index (κ1) is 15.9. The van der Waals surface area contributed by atoms with Crippen molar-refractivity contribution < 1.29 is 8.42 Å². The summed E-state index contributed by atoms with van der Waals surface area (Å²) >= 11 is 5.81. The first-order chi connectivity index (χ1) is 9.93. The Kier molecular flexibility index (Phi) is 4.95. The van der Waals surface area contributed by atoms with Crippen LogP contribution in [0.5, 0.6) is 0 Å². The molecule has 5 nitrogen and oxygen atoms in total. The summed E-state index contributed by atoms with van der Waals surface area (Å²) in [6.07, 6.45) is 1.48. The molecule has 2 aromatic rings. The number of aromatic nitrogens is 1. The van der Waals surface area contributed by atoms with Gasteiger partial charge in [0.1, 0.15) is 0 Å². The van der Waals surface area contributed by atoms with Crippen molar-refractivity contribution >= 4 is 21.6 Å². The van der Waals surface area contributed by atoms with Crippen LogP contribution >= 0.6 is 11.6 Å². The van der Waals surface area contributed by atoms with Crippen LogP contribution in [0.4, 0.5) is 0 Å². The largest absolute Gasteiger partial charge is 0.326 e. The smallest absolute Gasteiger partial charge is 0.260 e. The maximum atomic E-state index is 12.4. The van der Waals surface area contributed by atoms with E-state index in [0.717, 1.165) is 11.1 Å². The fourth-order valence-corrected chi connectivity index (χ4v) is 2.97. The molecule has 0 saturated carbocycles. The third-order valence-corrected chi connectivity index (χ3v) is 5.00. The Morgan fingerprint density at radius 1 is 1.14 bits per heavy atom. The molecule has 1 heterocycles. The van der Waals surface area contributed by atoms with E-state index in [1.54, 1.807) is 30.3 Å². The van der Waals surface area contributed by atoms with Gasteiger partial charge in [0.15, 0.2) is 5.03 Å². The summed E-state index contributed by atoms with van der Waals surface area (Å²) in [5, 5.41) is 0.625. The van der Waals surface area contributed by atoms with E-state index in [1.807, 2.05) is 0 Å². The van der Waals surface area contributed by atoms with E-state index in [0.29, 0.717) is 11.6 Å². The molecule has 0 radical (unpaired) electrons. The van der Waals surface area contributed by atoms with Crippen molar-refractivity contribution in [3.63, 3.8) is 0 Å². The van der Waals surface area contributed by atoms with Gasteiger partial charge in [0, 0.05) is 31.4 Å². The number of hydrogen-bond acceptors (Lipinski definition) is 4. The van der Waals surface area contributed by atoms with E-state index in [4.69, 9.17) is 17.3 Å². The molecule has 0 bridgehead atoms. The zero-order valence-corrected chi connectivity index (χ0v) is 13.1. The van der Waals surface area contributed by atoms with E-state index < -0.39 is 10.0 Å². The summed E-state index contributed by atoms with van der Waals surface area (Å²) in [7, 11) is -2.11. The van der Waals surface area contributed by atoms with Crippen molar-refractivity contribution in [2.24, 2.45) is 5.73 Å². The first-order valence-corrected chi connectivity index (χ1v) is 8.11. The Labute approximate surface area is 129 Å². The molecule has 0 unspecified atom stereocenters. The van der Waals surface area contributed by atoms with Crippen LogP contribution in [-0.4, -0.2) is 24.8 Å². The lowest BCUT2D eigenvalue weighted by Crippen LogP contribution is -2.27. The normalized spacial score (nSPS) is 11.8. The summed E-state index contributed by atoms with van der Waals surface area (Å²) in [5.41, 5.74) is 7.11. The average Bonchev–Trinajstić information content (AvgIpc) is 2.49. The lowest BCUT2D eigenvalue weighted by atomic mass is 10.2. The van der Waals surface area contributed by atoms with Crippen LogP contribution in [0.1, 0.15) is 11.1 Å². The molecule has 0 aliphatic rings. The summed E-state index contributed by atoms with van der Waals surface area (Å²) in [4.78, 5) is 3.97. The van der Waals surface area contributed by atoms with Gasteiger partial charge in [-0.05, 0) is 29.3 Å². The van der Waals surface area contributed by atoms with E-state index in [-0.39, 0.29) is 11.6 Å². The first-order valence-electron chi connectivity index (χ1n) is 6.29. The van der Waals surface area contributed by atoms with Gasteiger partial charge in [-0.2, -0.15) is 4.31 Å². The zero-order valence-electron chi connectivity index (χ0n) is 11.5. The van der Waals surface area contributed by atoms with Crippen molar-refractivity contribution in [2.75, 3.05) is 7.05 Å². The van der Waals surface area contributed by atoms with Crippen molar-refractivity contribution in [3.05, 3.63) is 58.7 Å². The highest BCUT2D eigenvalue weighted by molar-refractivity contribution is 7.89. The Bertz CT molecular complexity index is 700. The predicted octanol–water partition coefficient (Wildman–Crippen LogP) is 2.01. The van der Waals surface area contributed by atoms with Gasteiger partial charge in [-0.15, -0.1) is 0 Å². The molecular formula is C14H16ClN3O2S. The fraction of sp³-hybridized carbons (Fsp3) is 0.214. The number of rotatable bonds is 5. The Hall–Kier alpha value is -1.47. The Balaban J connectivity index is 2.19. The van der Waals surface area contributed by atoms with Crippen LogP contribution in [0, 0.1) is 0 Å². The molecule has 7 heteroatoms. The molecule has 112 valence electrons. The van der Waals surface area contributed by atoms with E-state index in [9.17, 15) is 8.42 Å². The van der Waals surface area contributed by atoms with Gasteiger partial charge in [0.05, 0.1) is 0 Å². The third-order valence-electron chi connectivity index (χ3n) is 3.03. The predicted molar refractivity (Wildman–Crippen MR) is 82.2 cm³/mol. The van der Waals surface area contributed by atoms with Crippen LogP contribution in [0.15, 0.2) is 47.6 Å². The van der Waals surface area contributed by atoms with Crippen molar-refractivity contribution in [3.8, 4) is 0 Å². The zero-order chi connectivity index (χ0) is 15.5. The van der Waals surface area contributed by atoms with Gasteiger partial charge >= 0.3 is 0 Å². The minimum atomic E-state index is -3.62. The lowest BCUT2D eigenvalue weighted by molar-refractivity contribution is 0.464. The molecule has 2 N–H and O–H groups in total. The highest BCUT2D eigenvalue weighted by Crippen LogP contribution is 2.16. The molecule has 0 saturated heterocycles. The lowest BCUT2D eigenvalue weighted by Gasteiger charge is -2.16. The Morgan fingerprint density at radius 2 is 1.76 bits per heavy atom. The van der Waals surface area contributed by atoms with Gasteiger partial charge in [-0.25, -0.2) is 13.4 Å². The molecule has 0 fully saturated rings. The molecule has 0 spiro atoms. The van der Waals surface area contributed by atoms with Gasteiger partial charge in [-0.3, -0.25) is 0 Å². The molecule has 21 heavy (non-hydrogen) atoms. The highest BCUT2D eigenvalue weighted by Gasteiger charge is 2.22. The number of sulfonamides is 1. The molecule has 0 aliphatic heterocycles. The molecule has 1 aromatic heterocycles. The molecule has 1 aromatic carbocycles. The number of pyridine rings is 1. The standard InChI is InChI=1S/C14H16ClN3O2S/c1-18(10-11-2-5-13(15)6-3-11)21(19,20)14-7-4-12(8-16)9-17-14/h2-7,9H,8,10,16H2,1H3. The van der Waals surface area contributed by atoms with Gasteiger partial charge in [0.2, 0.25) is 0 Å². The summed E-state index contributed by atoms with van der Waals surface area (Å²) < 4.78 is 26.1. The second kappa shape index (κ2) is 6.53. The minimum absolute atomic E-state index is 0.0103. The van der Waals surface area contributed by atoms with Gasteiger partial charge in [-0.1, -0.05) is 29.8 Å². The topological polar surface area (TPSA) is 76.3 Å². The fourth-order valence-electron chi connectivity index (χ4n) is 1.78. The molecule has 0 atom stereocenters. The van der Waals surface area contributed by atoms with Crippen LogP contribution in [-0.2, 0) is 23.1 Å². The number of nitrogens with zero attached hydrogens (tertiary/aromatic N) is 2. The number of benzene rings is 1. The summed E-state index contributed by atoms with van der Waals surface area (Å²) in [6, 6.07) is 10.2.